The van der Waals surface area contributed by atoms with E-state index in [1.807, 2.05) is 42.5 Å². The van der Waals surface area contributed by atoms with E-state index in [0.717, 1.165) is 23.3 Å². The molecule has 0 fully saturated rings. The fraction of sp³-hybridized carbons (Fsp3) is 0.227. The zero-order chi connectivity index (χ0) is 17.6. The zero-order valence-corrected chi connectivity index (χ0v) is 14.7. The normalized spacial score (nSPS) is 11.9. The van der Waals surface area contributed by atoms with E-state index in [1.54, 1.807) is 6.92 Å². The summed E-state index contributed by atoms with van der Waals surface area (Å²) in [7, 11) is 0. The molecule has 3 nitrogen and oxygen atoms in total. The van der Waals surface area contributed by atoms with Crippen molar-refractivity contribution in [3.63, 3.8) is 0 Å². The first-order valence-corrected chi connectivity index (χ1v) is 8.67. The van der Waals surface area contributed by atoms with E-state index >= 15 is 0 Å². The lowest BCUT2D eigenvalue weighted by molar-refractivity contribution is -0.127. The van der Waals surface area contributed by atoms with Crippen LogP contribution in [0.15, 0.2) is 66.7 Å². The Hall–Kier alpha value is -2.81. The molecule has 1 N–H and O–H groups in total. The van der Waals surface area contributed by atoms with Crippen LogP contribution in [0.1, 0.15) is 25.0 Å². The summed E-state index contributed by atoms with van der Waals surface area (Å²) in [4.78, 5) is 12.3. The fourth-order valence-electron chi connectivity index (χ4n) is 2.84. The number of benzene rings is 3. The maximum atomic E-state index is 12.3. The predicted octanol–water partition coefficient (Wildman–Crippen LogP) is 4.49. The number of ether oxygens (including phenoxy) is 1. The van der Waals surface area contributed by atoms with Gasteiger partial charge in [-0.1, -0.05) is 61.5 Å². The highest BCUT2D eigenvalue weighted by atomic mass is 16.5. The summed E-state index contributed by atoms with van der Waals surface area (Å²) in [6.45, 7) is 4.35. The minimum atomic E-state index is -0.534. The Kier molecular flexibility index (Phi) is 5.34. The number of rotatable bonds is 6. The third-order valence-electron chi connectivity index (χ3n) is 4.31. The van der Waals surface area contributed by atoms with Crippen LogP contribution in [0.3, 0.4) is 0 Å². The molecule has 128 valence electrons. The van der Waals surface area contributed by atoms with Gasteiger partial charge in [0, 0.05) is 6.54 Å². The van der Waals surface area contributed by atoms with Crippen molar-refractivity contribution in [3.05, 3.63) is 77.9 Å². The van der Waals surface area contributed by atoms with Crippen molar-refractivity contribution < 1.29 is 9.53 Å². The molecule has 0 bridgehead atoms. The van der Waals surface area contributed by atoms with Crippen LogP contribution in [0.25, 0.3) is 10.8 Å². The van der Waals surface area contributed by atoms with Crippen LogP contribution < -0.4 is 10.1 Å². The largest absolute Gasteiger partial charge is 0.481 e. The molecule has 0 radical (unpaired) electrons. The third kappa shape index (κ3) is 4.18. The monoisotopic (exact) mass is 333 g/mol. The third-order valence-corrected chi connectivity index (χ3v) is 4.31. The van der Waals surface area contributed by atoms with Gasteiger partial charge in [0.1, 0.15) is 5.75 Å². The van der Waals surface area contributed by atoms with Gasteiger partial charge >= 0.3 is 0 Å². The van der Waals surface area contributed by atoms with E-state index in [9.17, 15) is 4.79 Å². The fourth-order valence-corrected chi connectivity index (χ4v) is 2.84. The molecule has 0 saturated carbocycles. The second-order valence-corrected chi connectivity index (χ2v) is 6.12. The number of aryl methyl sites for hydroxylation is 1. The summed E-state index contributed by atoms with van der Waals surface area (Å²) >= 11 is 0. The molecule has 0 saturated heterocycles. The first kappa shape index (κ1) is 17.0. The highest BCUT2D eigenvalue weighted by Gasteiger charge is 2.15. The van der Waals surface area contributed by atoms with Gasteiger partial charge in [0.15, 0.2) is 6.10 Å². The van der Waals surface area contributed by atoms with Crippen LogP contribution in [-0.4, -0.2) is 12.0 Å². The quantitative estimate of drug-likeness (QED) is 0.722. The van der Waals surface area contributed by atoms with Crippen molar-refractivity contribution in [1.29, 1.82) is 0 Å². The van der Waals surface area contributed by atoms with Crippen LogP contribution in [0, 0.1) is 0 Å². The topological polar surface area (TPSA) is 38.3 Å². The molecule has 0 aliphatic rings. The SMILES string of the molecule is CCc1ccccc1O[C@@H](C)C(=O)NCc1ccc2ccccc2c1. The lowest BCUT2D eigenvalue weighted by Gasteiger charge is -2.17. The molecule has 1 amide bonds. The van der Waals surface area contributed by atoms with Gasteiger partial charge in [-0.25, -0.2) is 0 Å². The summed E-state index contributed by atoms with van der Waals surface area (Å²) < 4.78 is 5.84. The van der Waals surface area contributed by atoms with Gasteiger partial charge in [-0.3, -0.25) is 4.79 Å². The highest BCUT2D eigenvalue weighted by Crippen LogP contribution is 2.20. The Bertz CT molecular complexity index is 873. The second kappa shape index (κ2) is 7.84. The number of carbonyl (C=O) groups is 1. The highest BCUT2D eigenvalue weighted by molar-refractivity contribution is 5.83. The standard InChI is InChI=1S/C22H23NO2/c1-3-18-8-6-7-11-21(18)25-16(2)22(24)23-15-17-12-13-19-9-4-5-10-20(19)14-17/h4-14,16H,3,15H2,1-2H3,(H,23,24)/t16-/m0/s1. The van der Waals surface area contributed by atoms with E-state index in [4.69, 9.17) is 4.74 Å². The van der Waals surface area contributed by atoms with Gasteiger partial charge in [-0.05, 0) is 47.4 Å². The molecular formula is C22H23NO2. The van der Waals surface area contributed by atoms with Gasteiger partial charge in [0.05, 0.1) is 0 Å². The lowest BCUT2D eigenvalue weighted by atomic mass is 10.1. The van der Waals surface area contributed by atoms with E-state index in [0.29, 0.717) is 6.54 Å². The molecule has 0 heterocycles. The van der Waals surface area contributed by atoms with Gasteiger partial charge in [0.25, 0.3) is 5.91 Å². The minimum Gasteiger partial charge on any atom is -0.481 e. The van der Waals surface area contributed by atoms with Crippen molar-refractivity contribution in [3.8, 4) is 5.75 Å². The zero-order valence-electron chi connectivity index (χ0n) is 14.7. The lowest BCUT2D eigenvalue weighted by Crippen LogP contribution is -2.36. The molecule has 1 atom stereocenters. The van der Waals surface area contributed by atoms with Gasteiger partial charge < -0.3 is 10.1 Å². The molecule has 0 unspecified atom stereocenters. The molecule has 3 heteroatoms. The Morgan fingerprint density at radius 3 is 2.52 bits per heavy atom. The van der Waals surface area contributed by atoms with Gasteiger partial charge in [-0.15, -0.1) is 0 Å². The molecule has 3 aromatic rings. The number of fused-ring (bicyclic) bond motifs is 1. The summed E-state index contributed by atoms with van der Waals surface area (Å²) in [6.07, 6.45) is 0.342. The maximum absolute atomic E-state index is 12.3. The predicted molar refractivity (Wildman–Crippen MR) is 102 cm³/mol. The first-order valence-electron chi connectivity index (χ1n) is 8.67. The summed E-state index contributed by atoms with van der Waals surface area (Å²) in [6, 6.07) is 22.3. The minimum absolute atomic E-state index is 0.112. The molecule has 0 spiro atoms. The average Bonchev–Trinajstić information content (AvgIpc) is 2.66. The van der Waals surface area contributed by atoms with Gasteiger partial charge in [-0.2, -0.15) is 0 Å². The number of hydrogen-bond donors (Lipinski definition) is 1. The number of para-hydroxylation sites is 1. The number of amides is 1. The Labute approximate surface area is 148 Å². The Balaban J connectivity index is 1.61. The van der Waals surface area contributed by atoms with Crippen LogP contribution in [-0.2, 0) is 17.8 Å². The summed E-state index contributed by atoms with van der Waals surface area (Å²) in [5.74, 6) is 0.664. The van der Waals surface area contributed by atoms with E-state index in [1.165, 1.54) is 10.8 Å². The maximum Gasteiger partial charge on any atom is 0.261 e. The smallest absolute Gasteiger partial charge is 0.261 e. The number of nitrogens with one attached hydrogen (secondary N) is 1. The molecule has 0 aromatic heterocycles. The van der Waals surface area contributed by atoms with E-state index in [2.05, 4.69) is 36.5 Å². The average molecular weight is 333 g/mol. The number of carbonyl (C=O) groups excluding carboxylic acids is 1. The van der Waals surface area contributed by atoms with Crippen molar-refractivity contribution in [1.82, 2.24) is 5.32 Å². The molecule has 3 rings (SSSR count). The molecule has 0 aliphatic carbocycles. The molecular weight excluding hydrogens is 310 g/mol. The second-order valence-electron chi connectivity index (χ2n) is 6.12. The van der Waals surface area contributed by atoms with Crippen LogP contribution in [0.5, 0.6) is 5.75 Å². The van der Waals surface area contributed by atoms with Crippen LogP contribution >= 0.6 is 0 Å². The van der Waals surface area contributed by atoms with E-state index in [-0.39, 0.29) is 5.91 Å². The van der Waals surface area contributed by atoms with Crippen molar-refractivity contribution in [2.75, 3.05) is 0 Å². The number of hydrogen-bond acceptors (Lipinski definition) is 2. The molecule has 3 aromatic carbocycles. The molecule has 0 aliphatic heterocycles. The van der Waals surface area contributed by atoms with Crippen molar-refractivity contribution in [2.45, 2.75) is 32.9 Å². The van der Waals surface area contributed by atoms with Crippen molar-refractivity contribution >= 4 is 16.7 Å². The Morgan fingerprint density at radius 2 is 1.72 bits per heavy atom. The van der Waals surface area contributed by atoms with Crippen LogP contribution in [0.2, 0.25) is 0 Å². The molecule has 25 heavy (non-hydrogen) atoms. The van der Waals surface area contributed by atoms with E-state index < -0.39 is 6.10 Å². The first-order chi connectivity index (χ1) is 12.2. The Morgan fingerprint density at radius 1 is 1.00 bits per heavy atom. The van der Waals surface area contributed by atoms with Crippen LogP contribution in [0.4, 0.5) is 0 Å². The van der Waals surface area contributed by atoms with Gasteiger partial charge in [0.2, 0.25) is 0 Å². The van der Waals surface area contributed by atoms with Crippen molar-refractivity contribution in [2.24, 2.45) is 0 Å². The summed E-state index contributed by atoms with van der Waals surface area (Å²) in [5, 5.41) is 5.33. The summed E-state index contributed by atoms with van der Waals surface area (Å²) in [5.41, 5.74) is 2.19.